The van der Waals surface area contributed by atoms with Crippen molar-refractivity contribution in [3.05, 3.63) is 30.1 Å². The van der Waals surface area contributed by atoms with Crippen molar-refractivity contribution in [2.45, 2.75) is 50.7 Å². The Labute approximate surface area is 187 Å². The van der Waals surface area contributed by atoms with Gasteiger partial charge in [0.25, 0.3) is 5.91 Å². The minimum atomic E-state index is -3.01. The van der Waals surface area contributed by atoms with Gasteiger partial charge in [-0.3, -0.25) is 4.79 Å². The molecule has 3 saturated heterocycles. The summed E-state index contributed by atoms with van der Waals surface area (Å²) in [6.45, 7) is 1.42. The summed E-state index contributed by atoms with van der Waals surface area (Å²) in [5.41, 5.74) is 2.38. The lowest BCUT2D eigenvalue weighted by molar-refractivity contribution is 0.0595. The van der Waals surface area contributed by atoms with Crippen molar-refractivity contribution in [2.75, 3.05) is 31.1 Å². The molecule has 4 heterocycles. The molecule has 2 bridgehead atoms. The van der Waals surface area contributed by atoms with Crippen LogP contribution in [0, 0.1) is 0 Å². The first-order chi connectivity index (χ1) is 15.4. The smallest absolute Gasteiger partial charge is 0.317 e. The van der Waals surface area contributed by atoms with E-state index in [1.165, 1.54) is 6.42 Å². The Morgan fingerprint density at radius 2 is 1.78 bits per heavy atom. The van der Waals surface area contributed by atoms with E-state index in [-0.39, 0.29) is 36.5 Å². The molecular weight excluding hydrogens is 430 g/mol. The average Bonchev–Trinajstić information content (AvgIpc) is 3.29. The number of fused-ring (bicyclic) bond motifs is 3. The van der Waals surface area contributed by atoms with Crippen LogP contribution < -0.4 is 5.32 Å². The van der Waals surface area contributed by atoms with Crippen LogP contribution in [0.2, 0.25) is 0 Å². The van der Waals surface area contributed by atoms with Crippen molar-refractivity contribution in [1.82, 2.24) is 24.7 Å². The molecule has 1 N–H and O–H groups in total. The predicted molar refractivity (Wildman–Crippen MR) is 120 cm³/mol. The molecule has 5 rings (SSSR count). The number of benzene rings is 1. The largest absolute Gasteiger partial charge is 0.336 e. The van der Waals surface area contributed by atoms with E-state index in [4.69, 9.17) is 0 Å². The number of carbonyl (C=O) groups is 2. The topological polar surface area (TPSA) is 105 Å². The number of sulfone groups is 1. The molecule has 9 nitrogen and oxygen atoms in total. The predicted octanol–water partition coefficient (Wildman–Crippen LogP) is 1.63. The van der Waals surface area contributed by atoms with Gasteiger partial charge in [-0.25, -0.2) is 18.2 Å². The van der Waals surface area contributed by atoms with Crippen molar-refractivity contribution in [1.29, 1.82) is 0 Å². The first-order valence-corrected chi connectivity index (χ1v) is 13.2. The minimum Gasteiger partial charge on any atom is -0.336 e. The lowest BCUT2D eigenvalue weighted by atomic mass is 10.0. The molecule has 1 aromatic carbocycles. The Morgan fingerprint density at radius 1 is 1.06 bits per heavy atom. The third kappa shape index (κ3) is 4.07. The fourth-order valence-corrected chi connectivity index (χ4v) is 6.48. The lowest BCUT2D eigenvalue weighted by Gasteiger charge is -2.34. The van der Waals surface area contributed by atoms with Gasteiger partial charge in [0.05, 0.1) is 28.9 Å². The highest BCUT2D eigenvalue weighted by Crippen LogP contribution is 2.36. The third-order valence-electron chi connectivity index (χ3n) is 7.06. The van der Waals surface area contributed by atoms with E-state index >= 15 is 0 Å². The van der Waals surface area contributed by atoms with Crippen LogP contribution in [0.5, 0.6) is 0 Å². The van der Waals surface area contributed by atoms with Crippen LogP contribution in [0.15, 0.2) is 24.5 Å². The number of rotatable bonds is 4. The standard InChI is InChI=1S/C22H29N5O4S/c28-21(27-17-2-1-3-18(27)6-5-17)16-4-7-20-19(14-16)24-15-26(20)9-8-23-22(29)25-10-12-32(30,31)13-11-25/h4,7,14-15,17-18H,1-3,5-6,8-13H2,(H,23,29). The summed E-state index contributed by atoms with van der Waals surface area (Å²) in [7, 11) is -3.01. The molecular formula is C22H29N5O4S. The maximum atomic E-state index is 13.2. The Bertz CT molecular complexity index is 1110. The van der Waals surface area contributed by atoms with Crippen molar-refractivity contribution in [2.24, 2.45) is 0 Å². The molecule has 3 aliphatic heterocycles. The highest BCUT2D eigenvalue weighted by molar-refractivity contribution is 7.91. The van der Waals surface area contributed by atoms with Gasteiger partial charge in [0.15, 0.2) is 9.84 Å². The monoisotopic (exact) mass is 459 g/mol. The third-order valence-corrected chi connectivity index (χ3v) is 8.67. The van der Waals surface area contributed by atoms with Crippen LogP contribution in [-0.4, -0.2) is 82.9 Å². The second-order valence-corrected chi connectivity index (χ2v) is 11.3. The first-order valence-electron chi connectivity index (χ1n) is 11.4. The van der Waals surface area contributed by atoms with Gasteiger partial charge in [0.1, 0.15) is 0 Å². The van der Waals surface area contributed by atoms with Gasteiger partial charge in [-0.05, 0) is 50.3 Å². The Balaban J connectivity index is 1.20. The van der Waals surface area contributed by atoms with Gasteiger partial charge < -0.3 is 19.7 Å². The number of piperidine rings is 1. The van der Waals surface area contributed by atoms with Gasteiger partial charge in [0, 0.05) is 43.8 Å². The van der Waals surface area contributed by atoms with Crippen LogP contribution in [0.4, 0.5) is 4.79 Å². The quantitative estimate of drug-likeness (QED) is 0.748. The number of carbonyl (C=O) groups excluding carboxylic acids is 2. The Morgan fingerprint density at radius 3 is 2.50 bits per heavy atom. The molecule has 2 aromatic rings. The molecule has 172 valence electrons. The summed E-state index contributed by atoms with van der Waals surface area (Å²) in [5.74, 6) is 0.156. The van der Waals surface area contributed by atoms with Gasteiger partial charge in [-0.15, -0.1) is 0 Å². The van der Waals surface area contributed by atoms with Crippen molar-refractivity contribution < 1.29 is 18.0 Å². The molecule has 0 spiro atoms. The van der Waals surface area contributed by atoms with E-state index in [2.05, 4.69) is 15.2 Å². The maximum absolute atomic E-state index is 13.2. The van der Waals surface area contributed by atoms with Gasteiger partial charge >= 0.3 is 6.03 Å². The van der Waals surface area contributed by atoms with E-state index in [9.17, 15) is 18.0 Å². The van der Waals surface area contributed by atoms with E-state index in [0.29, 0.717) is 30.7 Å². The number of imidazole rings is 1. The summed E-state index contributed by atoms with van der Waals surface area (Å²) in [6.07, 6.45) is 7.40. The van der Waals surface area contributed by atoms with E-state index < -0.39 is 9.84 Å². The van der Waals surface area contributed by atoms with Gasteiger partial charge in [-0.2, -0.15) is 0 Å². The van der Waals surface area contributed by atoms with Crippen LogP contribution in [0.25, 0.3) is 11.0 Å². The first kappa shape index (κ1) is 21.2. The van der Waals surface area contributed by atoms with Crippen molar-refractivity contribution in [3.63, 3.8) is 0 Å². The SMILES string of the molecule is O=C(NCCn1cnc2cc(C(=O)N3C4CCCC3CC4)ccc21)N1CCS(=O)(=O)CC1. The molecule has 3 fully saturated rings. The van der Waals surface area contributed by atoms with Gasteiger partial charge in [0.2, 0.25) is 0 Å². The van der Waals surface area contributed by atoms with Crippen molar-refractivity contribution >= 4 is 32.8 Å². The summed E-state index contributed by atoms with van der Waals surface area (Å²) in [6, 6.07) is 6.21. The van der Waals surface area contributed by atoms with E-state index in [1.807, 2.05) is 22.8 Å². The van der Waals surface area contributed by atoms with E-state index in [0.717, 1.165) is 36.7 Å². The number of urea groups is 1. The molecule has 2 unspecified atom stereocenters. The van der Waals surface area contributed by atoms with Crippen LogP contribution in [0.3, 0.4) is 0 Å². The Hall–Kier alpha value is -2.62. The number of amides is 3. The fourth-order valence-electron chi connectivity index (χ4n) is 5.28. The molecule has 1 aromatic heterocycles. The lowest BCUT2D eigenvalue weighted by Crippen LogP contribution is -2.48. The van der Waals surface area contributed by atoms with Crippen LogP contribution in [0.1, 0.15) is 42.5 Å². The number of nitrogens with zero attached hydrogens (tertiary/aromatic N) is 4. The number of hydrogen-bond acceptors (Lipinski definition) is 5. The van der Waals surface area contributed by atoms with E-state index in [1.54, 1.807) is 11.2 Å². The highest BCUT2D eigenvalue weighted by Gasteiger charge is 2.39. The maximum Gasteiger partial charge on any atom is 0.317 e. The van der Waals surface area contributed by atoms with Crippen LogP contribution in [-0.2, 0) is 16.4 Å². The molecule has 0 aliphatic carbocycles. The fraction of sp³-hybridized carbons (Fsp3) is 0.591. The number of aromatic nitrogens is 2. The minimum absolute atomic E-state index is 0.0204. The molecule has 10 heteroatoms. The molecule has 32 heavy (non-hydrogen) atoms. The molecule has 2 atom stereocenters. The second kappa shape index (κ2) is 8.38. The van der Waals surface area contributed by atoms with Crippen LogP contribution >= 0.6 is 0 Å². The zero-order valence-electron chi connectivity index (χ0n) is 18.1. The summed E-state index contributed by atoms with van der Waals surface area (Å²) < 4.78 is 25.0. The molecule has 3 amide bonds. The number of nitrogens with one attached hydrogen (secondary N) is 1. The summed E-state index contributed by atoms with van der Waals surface area (Å²) in [5, 5.41) is 2.85. The second-order valence-electron chi connectivity index (χ2n) is 9.04. The zero-order chi connectivity index (χ0) is 22.3. The Kier molecular flexibility index (Phi) is 5.56. The normalized spacial score (nSPS) is 24.6. The molecule has 0 radical (unpaired) electrons. The van der Waals surface area contributed by atoms with Gasteiger partial charge in [-0.1, -0.05) is 0 Å². The highest BCUT2D eigenvalue weighted by atomic mass is 32.2. The molecule has 3 aliphatic rings. The van der Waals surface area contributed by atoms with Crippen molar-refractivity contribution in [3.8, 4) is 0 Å². The average molecular weight is 460 g/mol. The summed E-state index contributed by atoms with van der Waals surface area (Å²) >= 11 is 0. The summed E-state index contributed by atoms with van der Waals surface area (Å²) in [4.78, 5) is 33.5. The number of hydrogen-bond donors (Lipinski definition) is 1. The molecule has 0 saturated carbocycles. The zero-order valence-corrected chi connectivity index (χ0v) is 18.9.